The van der Waals surface area contributed by atoms with Crippen LogP contribution in [0.1, 0.15) is 22.6 Å². The third-order valence-corrected chi connectivity index (χ3v) is 4.96. The predicted octanol–water partition coefficient (Wildman–Crippen LogP) is 1.38. The number of aromatic nitrogens is 6. The van der Waals surface area contributed by atoms with Crippen molar-refractivity contribution < 1.29 is 4.79 Å². The van der Waals surface area contributed by atoms with Gasteiger partial charge in [-0.15, -0.1) is 10.2 Å². The van der Waals surface area contributed by atoms with Crippen molar-refractivity contribution in [3.8, 4) is 0 Å². The fourth-order valence-electron chi connectivity index (χ4n) is 3.55. The Balaban J connectivity index is 1.31. The minimum Gasteiger partial charge on any atom is -0.351 e. The summed E-state index contributed by atoms with van der Waals surface area (Å²) in [6.07, 6.45) is 7.69. The maximum Gasteiger partial charge on any atom is 0.289 e. The van der Waals surface area contributed by atoms with Crippen LogP contribution in [-0.2, 0) is 0 Å². The van der Waals surface area contributed by atoms with Crippen LogP contribution in [0.3, 0.4) is 0 Å². The number of benzene rings is 1. The van der Waals surface area contributed by atoms with E-state index in [2.05, 4.69) is 35.4 Å². The number of rotatable bonds is 3. The standard InChI is InChI=1S/C19H18N8O/c1-12-2-3-15-13(8-12)9-21-16(24-15)19(28)23-14-4-6-26(10-14)17-18-25-22-11-27(18)7-5-20-17/h2-3,5,7-9,11,14H,4,6,10H2,1H3,(H,23,28)/t14-/m0/s1. The molecule has 3 aromatic heterocycles. The highest BCUT2D eigenvalue weighted by Crippen LogP contribution is 2.21. The molecule has 9 nitrogen and oxygen atoms in total. The summed E-state index contributed by atoms with van der Waals surface area (Å²) >= 11 is 0. The van der Waals surface area contributed by atoms with Crippen LogP contribution in [-0.4, -0.2) is 54.6 Å². The van der Waals surface area contributed by atoms with Gasteiger partial charge >= 0.3 is 0 Å². The summed E-state index contributed by atoms with van der Waals surface area (Å²) in [6.45, 7) is 3.45. The Morgan fingerprint density at radius 1 is 1.29 bits per heavy atom. The summed E-state index contributed by atoms with van der Waals surface area (Å²) in [4.78, 5) is 27.8. The molecule has 0 bridgehead atoms. The Labute approximate surface area is 160 Å². The molecule has 1 atom stereocenters. The smallest absolute Gasteiger partial charge is 0.289 e. The van der Waals surface area contributed by atoms with Gasteiger partial charge in [-0.1, -0.05) is 11.6 Å². The maximum absolute atomic E-state index is 12.6. The Morgan fingerprint density at radius 2 is 2.21 bits per heavy atom. The van der Waals surface area contributed by atoms with E-state index in [9.17, 15) is 4.79 Å². The summed E-state index contributed by atoms with van der Waals surface area (Å²) < 4.78 is 1.83. The van der Waals surface area contributed by atoms with Gasteiger partial charge in [-0.25, -0.2) is 15.0 Å². The van der Waals surface area contributed by atoms with E-state index in [1.54, 1.807) is 18.7 Å². The van der Waals surface area contributed by atoms with Gasteiger partial charge in [-0.05, 0) is 25.5 Å². The van der Waals surface area contributed by atoms with Gasteiger partial charge in [0.2, 0.25) is 11.5 Å². The normalized spacial score (nSPS) is 16.8. The average Bonchev–Trinajstić information content (AvgIpc) is 3.36. The number of nitrogens with one attached hydrogen (secondary N) is 1. The second-order valence-electron chi connectivity index (χ2n) is 6.97. The highest BCUT2D eigenvalue weighted by atomic mass is 16.2. The molecule has 1 aromatic carbocycles. The minimum absolute atomic E-state index is 0.00482. The van der Waals surface area contributed by atoms with E-state index >= 15 is 0 Å². The first kappa shape index (κ1) is 16.5. The van der Waals surface area contributed by atoms with Gasteiger partial charge in [-0.2, -0.15) is 0 Å². The number of nitrogens with zero attached hydrogens (tertiary/aromatic N) is 7. The molecule has 1 amide bonds. The Morgan fingerprint density at radius 3 is 3.14 bits per heavy atom. The van der Waals surface area contributed by atoms with Crippen molar-refractivity contribution in [1.29, 1.82) is 0 Å². The van der Waals surface area contributed by atoms with Gasteiger partial charge in [0.15, 0.2) is 5.82 Å². The number of hydrogen-bond acceptors (Lipinski definition) is 7. The van der Waals surface area contributed by atoms with E-state index in [4.69, 9.17) is 0 Å². The van der Waals surface area contributed by atoms with Gasteiger partial charge in [0.25, 0.3) is 5.91 Å². The Kier molecular flexibility index (Phi) is 3.85. The summed E-state index contributed by atoms with van der Waals surface area (Å²) in [5.41, 5.74) is 2.61. The summed E-state index contributed by atoms with van der Waals surface area (Å²) in [5.74, 6) is 0.699. The number of anilines is 1. The van der Waals surface area contributed by atoms with Crippen LogP contribution in [0.4, 0.5) is 5.82 Å². The van der Waals surface area contributed by atoms with Gasteiger partial charge in [0.05, 0.1) is 5.52 Å². The van der Waals surface area contributed by atoms with E-state index < -0.39 is 0 Å². The summed E-state index contributed by atoms with van der Waals surface area (Å²) in [7, 11) is 0. The molecule has 28 heavy (non-hydrogen) atoms. The van der Waals surface area contributed by atoms with E-state index in [0.717, 1.165) is 35.2 Å². The molecule has 0 aliphatic carbocycles. The van der Waals surface area contributed by atoms with Crippen LogP contribution in [0.2, 0.25) is 0 Å². The number of aryl methyl sites for hydroxylation is 1. The van der Waals surface area contributed by atoms with Crippen molar-refractivity contribution in [3.63, 3.8) is 0 Å². The summed E-state index contributed by atoms with van der Waals surface area (Å²) in [6, 6.07) is 5.88. The lowest BCUT2D eigenvalue weighted by atomic mass is 10.2. The zero-order chi connectivity index (χ0) is 19.1. The van der Waals surface area contributed by atoms with Crippen LogP contribution >= 0.6 is 0 Å². The zero-order valence-electron chi connectivity index (χ0n) is 15.3. The van der Waals surface area contributed by atoms with Crippen LogP contribution < -0.4 is 10.2 Å². The second kappa shape index (κ2) is 6.52. The van der Waals surface area contributed by atoms with Crippen LogP contribution in [0.25, 0.3) is 16.6 Å². The maximum atomic E-state index is 12.6. The molecule has 0 saturated carbocycles. The molecule has 140 valence electrons. The fraction of sp³-hybridized carbons (Fsp3) is 0.263. The van der Waals surface area contributed by atoms with Crippen molar-refractivity contribution in [2.45, 2.75) is 19.4 Å². The molecule has 0 unspecified atom stereocenters. The van der Waals surface area contributed by atoms with Crippen molar-refractivity contribution in [1.82, 2.24) is 34.9 Å². The quantitative estimate of drug-likeness (QED) is 0.578. The highest BCUT2D eigenvalue weighted by molar-refractivity contribution is 5.93. The first-order valence-electron chi connectivity index (χ1n) is 9.11. The third-order valence-electron chi connectivity index (χ3n) is 4.96. The number of amides is 1. The van der Waals surface area contributed by atoms with Crippen molar-refractivity contribution >= 4 is 28.3 Å². The van der Waals surface area contributed by atoms with E-state index in [1.165, 1.54) is 0 Å². The van der Waals surface area contributed by atoms with Gasteiger partial charge in [0.1, 0.15) is 6.33 Å². The molecule has 5 rings (SSSR count). The monoisotopic (exact) mass is 374 g/mol. The first-order chi connectivity index (χ1) is 13.7. The number of carbonyl (C=O) groups excluding carboxylic acids is 1. The largest absolute Gasteiger partial charge is 0.351 e. The van der Waals surface area contributed by atoms with E-state index in [0.29, 0.717) is 12.2 Å². The topological polar surface area (TPSA) is 101 Å². The average molecular weight is 374 g/mol. The molecular weight excluding hydrogens is 356 g/mol. The van der Waals surface area contributed by atoms with Crippen molar-refractivity contribution in [3.05, 3.63) is 54.5 Å². The molecule has 1 N–H and O–H groups in total. The predicted molar refractivity (Wildman–Crippen MR) is 103 cm³/mol. The Bertz CT molecular complexity index is 1190. The van der Waals surface area contributed by atoms with E-state index in [-0.39, 0.29) is 17.8 Å². The molecule has 4 heterocycles. The van der Waals surface area contributed by atoms with Crippen molar-refractivity contribution in [2.24, 2.45) is 0 Å². The first-order valence-corrected chi connectivity index (χ1v) is 9.11. The third kappa shape index (κ3) is 2.90. The number of fused-ring (bicyclic) bond motifs is 2. The van der Waals surface area contributed by atoms with Crippen LogP contribution in [0, 0.1) is 6.92 Å². The van der Waals surface area contributed by atoms with Gasteiger partial charge in [0, 0.05) is 43.1 Å². The van der Waals surface area contributed by atoms with Gasteiger partial charge in [-0.3, -0.25) is 9.20 Å². The van der Waals surface area contributed by atoms with Crippen molar-refractivity contribution in [2.75, 3.05) is 18.0 Å². The van der Waals surface area contributed by atoms with Crippen LogP contribution in [0.15, 0.2) is 43.1 Å². The molecular formula is C19H18N8O. The highest BCUT2D eigenvalue weighted by Gasteiger charge is 2.27. The Hall–Kier alpha value is -3.62. The minimum atomic E-state index is -0.261. The number of carbonyl (C=O) groups is 1. The SMILES string of the molecule is Cc1ccc2nc(C(=O)N[C@H]3CCN(c4nccn5cnnc45)C3)ncc2c1. The molecule has 4 aromatic rings. The zero-order valence-corrected chi connectivity index (χ0v) is 15.3. The number of hydrogen-bond donors (Lipinski definition) is 1. The summed E-state index contributed by atoms with van der Waals surface area (Å²) in [5, 5.41) is 12.0. The molecule has 1 aliphatic heterocycles. The lowest BCUT2D eigenvalue weighted by molar-refractivity contribution is 0.0930. The fourth-order valence-corrected chi connectivity index (χ4v) is 3.55. The molecule has 0 spiro atoms. The molecule has 9 heteroatoms. The molecule has 1 aliphatic rings. The van der Waals surface area contributed by atoms with E-state index in [1.807, 2.05) is 35.7 Å². The second-order valence-corrected chi connectivity index (χ2v) is 6.97. The lowest BCUT2D eigenvalue weighted by Gasteiger charge is -2.18. The van der Waals surface area contributed by atoms with Gasteiger partial charge < -0.3 is 10.2 Å². The lowest BCUT2D eigenvalue weighted by Crippen LogP contribution is -2.38. The molecule has 1 saturated heterocycles. The molecule has 1 fully saturated rings. The van der Waals surface area contributed by atoms with Crippen LogP contribution in [0.5, 0.6) is 0 Å². The molecule has 0 radical (unpaired) electrons.